The number of hydrogen-bond donors (Lipinski definition) is 1. The van der Waals surface area contributed by atoms with Gasteiger partial charge in [-0.05, 0) is 19.8 Å². The second-order valence-electron chi connectivity index (χ2n) is 4.25. The van der Waals surface area contributed by atoms with E-state index >= 15 is 0 Å². The lowest BCUT2D eigenvalue weighted by Crippen LogP contribution is -2.48. The highest BCUT2D eigenvalue weighted by Gasteiger charge is 2.31. The van der Waals surface area contributed by atoms with Crippen LogP contribution in [0.4, 0.5) is 0 Å². The van der Waals surface area contributed by atoms with E-state index in [0.717, 1.165) is 19.4 Å². The van der Waals surface area contributed by atoms with E-state index in [0.29, 0.717) is 30.8 Å². The molecule has 1 heterocycles. The van der Waals surface area contributed by atoms with E-state index in [-0.39, 0.29) is 6.04 Å². The van der Waals surface area contributed by atoms with Crippen LogP contribution in [-0.4, -0.2) is 31.1 Å². The largest absolute Gasteiger partial charge is 0.378 e. The van der Waals surface area contributed by atoms with E-state index < -0.39 is 0 Å². The first-order valence-electron chi connectivity index (χ1n) is 5.12. The van der Waals surface area contributed by atoms with Gasteiger partial charge in [-0.3, -0.25) is 4.79 Å². The number of morpholine rings is 1. The molecule has 1 N–H and O–H groups in total. The van der Waals surface area contributed by atoms with Gasteiger partial charge < -0.3 is 10.1 Å². The van der Waals surface area contributed by atoms with Crippen LogP contribution >= 0.6 is 0 Å². The summed E-state index contributed by atoms with van der Waals surface area (Å²) in [6, 6.07) is 0.655. The zero-order chi connectivity index (χ0) is 9.26. The number of ketones is 1. The molecule has 3 nitrogen and oxygen atoms in total. The summed E-state index contributed by atoms with van der Waals surface area (Å²) >= 11 is 0. The molecule has 74 valence electrons. The van der Waals surface area contributed by atoms with E-state index in [4.69, 9.17) is 4.74 Å². The summed E-state index contributed by atoms with van der Waals surface area (Å²) in [6.45, 7) is 3.56. The first kappa shape index (κ1) is 9.16. The number of ether oxygens (including phenoxy) is 1. The van der Waals surface area contributed by atoms with Crippen LogP contribution in [0.1, 0.15) is 26.2 Å². The molecule has 1 saturated heterocycles. The van der Waals surface area contributed by atoms with Crippen LogP contribution < -0.4 is 5.32 Å². The standard InChI is InChI=1S/C10H17NO2/c1-7-5-13-6-9(11-7)4-10(12)8-2-3-8/h7-9,11H,2-6H2,1H3. The van der Waals surface area contributed by atoms with Crippen molar-refractivity contribution >= 4 is 5.78 Å². The summed E-state index contributed by atoms with van der Waals surface area (Å²) in [6.07, 6.45) is 2.89. The topological polar surface area (TPSA) is 38.3 Å². The van der Waals surface area contributed by atoms with E-state index in [1.807, 2.05) is 0 Å². The number of Topliss-reactive ketones (excluding diaryl/α,β-unsaturated/α-hetero) is 1. The Bertz CT molecular complexity index is 201. The second-order valence-corrected chi connectivity index (χ2v) is 4.25. The van der Waals surface area contributed by atoms with Gasteiger partial charge in [-0.25, -0.2) is 0 Å². The molecule has 0 radical (unpaired) electrons. The minimum absolute atomic E-state index is 0.261. The predicted molar refractivity (Wildman–Crippen MR) is 49.6 cm³/mol. The van der Waals surface area contributed by atoms with E-state index in [1.165, 1.54) is 0 Å². The van der Waals surface area contributed by atoms with Gasteiger partial charge in [-0.1, -0.05) is 0 Å². The number of carbonyl (C=O) groups excluding carboxylic acids is 1. The van der Waals surface area contributed by atoms with Crippen molar-refractivity contribution in [1.29, 1.82) is 0 Å². The van der Waals surface area contributed by atoms with Crippen LogP contribution in [0.15, 0.2) is 0 Å². The highest BCUT2D eigenvalue weighted by atomic mass is 16.5. The minimum atomic E-state index is 0.261. The normalized spacial score (nSPS) is 34.5. The maximum absolute atomic E-state index is 11.5. The second kappa shape index (κ2) is 3.76. The summed E-state index contributed by atoms with van der Waals surface area (Å²) in [5, 5.41) is 3.38. The van der Waals surface area contributed by atoms with Crippen molar-refractivity contribution in [3.05, 3.63) is 0 Å². The molecule has 0 aromatic carbocycles. The zero-order valence-electron chi connectivity index (χ0n) is 8.08. The highest BCUT2D eigenvalue weighted by Crippen LogP contribution is 2.31. The molecule has 0 aromatic rings. The maximum Gasteiger partial charge on any atom is 0.137 e. The quantitative estimate of drug-likeness (QED) is 0.701. The lowest BCUT2D eigenvalue weighted by Gasteiger charge is -2.28. The zero-order valence-corrected chi connectivity index (χ0v) is 8.08. The molecule has 0 spiro atoms. The Kier molecular flexibility index (Phi) is 2.65. The summed E-state index contributed by atoms with van der Waals surface area (Å²) < 4.78 is 5.38. The van der Waals surface area contributed by atoms with Crippen LogP contribution in [0.2, 0.25) is 0 Å². The van der Waals surface area contributed by atoms with Crippen LogP contribution in [0.3, 0.4) is 0 Å². The molecule has 0 aromatic heterocycles. The molecule has 1 aliphatic carbocycles. The SMILES string of the molecule is CC1COCC(CC(=O)C2CC2)N1. The molecule has 2 aliphatic rings. The molecule has 1 aliphatic heterocycles. The molecule has 0 bridgehead atoms. The molecule has 13 heavy (non-hydrogen) atoms. The summed E-state index contributed by atoms with van der Waals surface area (Å²) in [5.41, 5.74) is 0. The third-order valence-electron chi connectivity index (χ3n) is 2.69. The summed E-state index contributed by atoms with van der Waals surface area (Å²) in [4.78, 5) is 11.5. The molecule has 2 fully saturated rings. The average molecular weight is 183 g/mol. The molecular formula is C10H17NO2. The van der Waals surface area contributed by atoms with Crippen molar-refractivity contribution in [3.8, 4) is 0 Å². The van der Waals surface area contributed by atoms with E-state index in [9.17, 15) is 4.79 Å². The average Bonchev–Trinajstić information content (AvgIpc) is 2.85. The number of carbonyl (C=O) groups is 1. The van der Waals surface area contributed by atoms with Crippen LogP contribution in [0.25, 0.3) is 0 Å². The molecule has 2 unspecified atom stereocenters. The molecule has 2 atom stereocenters. The number of nitrogens with one attached hydrogen (secondary N) is 1. The summed E-state index contributed by atoms with van der Waals surface area (Å²) in [5.74, 6) is 0.814. The smallest absolute Gasteiger partial charge is 0.137 e. The Labute approximate surface area is 78.8 Å². The Balaban J connectivity index is 1.76. The third-order valence-corrected chi connectivity index (χ3v) is 2.69. The summed E-state index contributed by atoms with van der Waals surface area (Å²) in [7, 11) is 0. The molecular weight excluding hydrogens is 166 g/mol. The van der Waals surface area contributed by atoms with Gasteiger partial charge in [0.2, 0.25) is 0 Å². The highest BCUT2D eigenvalue weighted by molar-refractivity contribution is 5.83. The third kappa shape index (κ3) is 2.51. The Morgan fingerprint density at radius 2 is 2.23 bits per heavy atom. The van der Waals surface area contributed by atoms with Crippen molar-refractivity contribution in [1.82, 2.24) is 5.32 Å². The van der Waals surface area contributed by atoms with Gasteiger partial charge in [0.1, 0.15) is 5.78 Å². The fourth-order valence-corrected chi connectivity index (χ4v) is 1.82. The van der Waals surface area contributed by atoms with Gasteiger partial charge in [-0.2, -0.15) is 0 Å². The first-order chi connectivity index (χ1) is 6.25. The maximum atomic E-state index is 11.5. The number of hydrogen-bond acceptors (Lipinski definition) is 3. The van der Waals surface area contributed by atoms with Gasteiger partial charge in [0.15, 0.2) is 0 Å². The van der Waals surface area contributed by atoms with Gasteiger partial charge in [-0.15, -0.1) is 0 Å². The fraction of sp³-hybridized carbons (Fsp3) is 0.900. The van der Waals surface area contributed by atoms with E-state index in [2.05, 4.69) is 12.2 Å². The van der Waals surface area contributed by atoms with Crippen molar-refractivity contribution in [2.24, 2.45) is 5.92 Å². The van der Waals surface area contributed by atoms with E-state index in [1.54, 1.807) is 0 Å². The Morgan fingerprint density at radius 3 is 2.85 bits per heavy atom. The van der Waals surface area contributed by atoms with Crippen molar-refractivity contribution in [2.45, 2.75) is 38.3 Å². The van der Waals surface area contributed by atoms with Crippen molar-refractivity contribution in [3.63, 3.8) is 0 Å². The number of rotatable bonds is 3. The van der Waals surface area contributed by atoms with Gasteiger partial charge >= 0.3 is 0 Å². The van der Waals surface area contributed by atoms with Crippen molar-refractivity contribution < 1.29 is 9.53 Å². The van der Waals surface area contributed by atoms with Crippen LogP contribution in [0, 0.1) is 5.92 Å². The molecule has 3 heteroatoms. The Hall–Kier alpha value is -0.410. The van der Waals surface area contributed by atoms with Gasteiger partial charge in [0.25, 0.3) is 0 Å². The van der Waals surface area contributed by atoms with Crippen molar-refractivity contribution in [2.75, 3.05) is 13.2 Å². The fourth-order valence-electron chi connectivity index (χ4n) is 1.82. The molecule has 2 rings (SSSR count). The van der Waals surface area contributed by atoms with Gasteiger partial charge in [0.05, 0.1) is 13.2 Å². The molecule has 1 saturated carbocycles. The predicted octanol–water partition coefficient (Wildman–Crippen LogP) is 0.732. The van der Waals surface area contributed by atoms with Crippen LogP contribution in [-0.2, 0) is 9.53 Å². The first-order valence-corrected chi connectivity index (χ1v) is 5.12. The lowest BCUT2D eigenvalue weighted by atomic mass is 10.1. The lowest BCUT2D eigenvalue weighted by molar-refractivity contribution is -0.121. The monoisotopic (exact) mass is 183 g/mol. The molecule has 0 amide bonds. The van der Waals surface area contributed by atoms with Gasteiger partial charge in [0, 0.05) is 24.4 Å². The minimum Gasteiger partial charge on any atom is -0.378 e. The Morgan fingerprint density at radius 1 is 1.46 bits per heavy atom. The van der Waals surface area contributed by atoms with Crippen LogP contribution in [0.5, 0.6) is 0 Å².